The minimum atomic E-state index is -3.44. The van der Waals surface area contributed by atoms with Gasteiger partial charge in [0, 0.05) is 55.6 Å². The maximum Gasteiger partial charge on any atom is 0.245 e. The minimum absolute atomic E-state index is 0.00389. The van der Waals surface area contributed by atoms with Gasteiger partial charge in [0.2, 0.25) is 16.0 Å². The summed E-state index contributed by atoms with van der Waals surface area (Å²) in [6.45, 7) is 5.75. The van der Waals surface area contributed by atoms with Crippen LogP contribution in [0, 0.1) is 0 Å². The van der Waals surface area contributed by atoms with Crippen LogP contribution in [-0.2, 0) is 14.8 Å². The topological polar surface area (TPSA) is 105 Å². The first-order chi connectivity index (χ1) is 21.4. The standard InChI is InChI=1S/C32H39N7O4S/c1-42-31-21-25(36-15-13-23(14-16-36)37-17-19-43-20-18-37)9-11-28(31)34-32-33-22-26-10-12-29(38(26)35-32)27-5-3-4-6-30(27)39(24-7-8-24)44(2,40)41/h3-6,9-12,21-24H,7-8,13-20H2,1-2H3,(H,34,35). The van der Waals surface area contributed by atoms with Crippen LogP contribution in [0.25, 0.3) is 16.8 Å². The van der Waals surface area contributed by atoms with Crippen molar-refractivity contribution < 1.29 is 17.9 Å². The summed E-state index contributed by atoms with van der Waals surface area (Å²) in [5.41, 5.74) is 4.97. The number of benzene rings is 2. The molecule has 232 valence electrons. The Kier molecular flexibility index (Phi) is 7.81. The van der Waals surface area contributed by atoms with Crippen LogP contribution < -0.4 is 19.3 Å². The van der Waals surface area contributed by atoms with Crippen LogP contribution in [0.3, 0.4) is 0 Å². The summed E-state index contributed by atoms with van der Waals surface area (Å²) in [6, 6.07) is 18.3. The molecule has 2 aromatic carbocycles. The fraction of sp³-hybridized carbons (Fsp3) is 0.438. The average molecular weight is 618 g/mol. The van der Waals surface area contributed by atoms with Crippen LogP contribution in [0.4, 0.5) is 23.0 Å². The van der Waals surface area contributed by atoms with E-state index in [0.717, 1.165) is 93.2 Å². The predicted octanol–water partition coefficient (Wildman–Crippen LogP) is 4.38. The molecule has 0 amide bonds. The van der Waals surface area contributed by atoms with Crippen LogP contribution in [0.15, 0.2) is 60.8 Å². The molecule has 1 N–H and O–H groups in total. The number of hydrogen-bond acceptors (Lipinski definition) is 9. The van der Waals surface area contributed by atoms with Gasteiger partial charge in [-0.2, -0.15) is 0 Å². The molecule has 0 unspecified atom stereocenters. The van der Waals surface area contributed by atoms with Crippen molar-refractivity contribution in [1.82, 2.24) is 19.5 Å². The van der Waals surface area contributed by atoms with E-state index in [1.165, 1.54) is 6.26 Å². The normalized spacial score (nSPS) is 18.5. The van der Waals surface area contributed by atoms with Gasteiger partial charge in [-0.3, -0.25) is 9.21 Å². The van der Waals surface area contributed by atoms with Gasteiger partial charge in [-0.1, -0.05) is 18.2 Å². The van der Waals surface area contributed by atoms with E-state index in [4.69, 9.17) is 14.6 Å². The highest BCUT2D eigenvalue weighted by Crippen LogP contribution is 2.40. The smallest absolute Gasteiger partial charge is 0.245 e. The van der Waals surface area contributed by atoms with Gasteiger partial charge in [-0.15, -0.1) is 5.10 Å². The summed E-state index contributed by atoms with van der Waals surface area (Å²) >= 11 is 0. The highest BCUT2D eigenvalue weighted by Gasteiger charge is 2.36. The van der Waals surface area contributed by atoms with Gasteiger partial charge < -0.3 is 19.7 Å². The molecular formula is C32H39N7O4S. The first-order valence-corrected chi connectivity index (χ1v) is 17.2. The second-order valence-corrected chi connectivity index (χ2v) is 13.7. The number of rotatable bonds is 9. The molecule has 11 nitrogen and oxygen atoms in total. The lowest BCUT2D eigenvalue weighted by molar-refractivity contribution is 0.0115. The highest BCUT2D eigenvalue weighted by molar-refractivity contribution is 7.92. The number of methoxy groups -OCH3 is 1. The van der Waals surface area contributed by atoms with Crippen molar-refractivity contribution in [2.45, 2.75) is 37.8 Å². The van der Waals surface area contributed by atoms with E-state index in [-0.39, 0.29) is 6.04 Å². The first-order valence-electron chi connectivity index (χ1n) is 15.3. The molecule has 1 aliphatic carbocycles. The Balaban J connectivity index is 1.12. The molecule has 1 saturated carbocycles. The lowest BCUT2D eigenvalue weighted by Crippen LogP contribution is -2.49. The third-order valence-corrected chi connectivity index (χ3v) is 10.1. The molecule has 44 heavy (non-hydrogen) atoms. The molecule has 0 spiro atoms. The summed E-state index contributed by atoms with van der Waals surface area (Å²) in [4.78, 5) is 9.56. The van der Waals surface area contributed by atoms with Gasteiger partial charge in [-0.25, -0.2) is 17.9 Å². The predicted molar refractivity (Wildman–Crippen MR) is 173 cm³/mol. The van der Waals surface area contributed by atoms with E-state index in [1.54, 1.807) is 22.1 Å². The number of hydrogen-bond donors (Lipinski definition) is 1. The summed E-state index contributed by atoms with van der Waals surface area (Å²) in [5, 5.41) is 8.16. The number of nitrogens with one attached hydrogen (secondary N) is 1. The van der Waals surface area contributed by atoms with Gasteiger partial charge in [-0.05, 0) is 56.0 Å². The van der Waals surface area contributed by atoms with Gasteiger partial charge in [0.25, 0.3) is 0 Å². The molecule has 7 rings (SSSR count). The summed E-state index contributed by atoms with van der Waals surface area (Å²) < 4.78 is 40.3. The molecule has 4 aromatic rings. The maximum absolute atomic E-state index is 12.8. The quantitative estimate of drug-likeness (QED) is 0.293. The number of aromatic nitrogens is 3. The average Bonchev–Trinajstić information content (AvgIpc) is 3.78. The lowest BCUT2D eigenvalue weighted by Gasteiger charge is -2.40. The molecule has 0 radical (unpaired) electrons. The van der Waals surface area contributed by atoms with Gasteiger partial charge in [0.05, 0.1) is 55.4 Å². The van der Waals surface area contributed by atoms with Crippen molar-refractivity contribution >= 4 is 38.6 Å². The Bertz CT molecular complexity index is 1740. The Morgan fingerprint density at radius 3 is 2.48 bits per heavy atom. The van der Waals surface area contributed by atoms with Crippen molar-refractivity contribution in [1.29, 1.82) is 0 Å². The van der Waals surface area contributed by atoms with Crippen molar-refractivity contribution in [3.8, 4) is 17.0 Å². The van der Waals surface area contributed by atoms with Gasteiger partial charge in [0.15, 0.2) is 0 Å². The zero-order valence-electron chi connectivity index (χ0n) is 25.2. The number of nitrogens with zero attached hydrogens (tertiary/aromatic N) is 6. The summed E-state index contributed by atoms with van der Waals surface area (Å²) in [5.74, 6) is 1.12. The summed E-state index contributed by atoms with van der Waals surface area (Å²) in [7, 11) is -1.77. The molecule has 2 aliphatic heterocycles. The van der Waals surface area contributed by atoms with E-state index in [1.807, 2.05) is 42.5 Å². The van der Waals surface area contributed by atoms with E-state index in [0.29, 0.717) is 23.4 Å². The lowest BCUT2D eigenvalue weighted by atomic mass is 10.0. The van der Waals surface area contributed by atoms with Crippen LogP contribution in [0.2, 0.25) is 0 Å². The number of fused-ring (bicyclic) bond motifs is 1. The molecule has 3 fully saturated rings. The van der Waals surface area contributed by atoms with Crippen molar-refractivity contribution in [2.24, 2.45) is 0 Å². The third kappa shape index (κ3) is 5.81. The maximum atomic E-state index is 12.8. The van der Waals surface area contributed by atoms with Gasteiger partial charge >= 0.3 is 0 Å². The molecular weight excluding hydrogens is 578 g/mol. The number of piperidine rings is 1. The zero-order chi connectivity index (χ0) is 30.3. The van der Waals surface area contributed by atoms with E-state index in [2.05, 4.69) is 32.2 Å². The van der Waals surface area contributed by atoms with Crippen LogP contribution in [0.1, 0.15) is 25.7 Å². The van der Waals surface area contributed by atoms with Crippen LogP contribution in [0.5, 0.6) is 5.75 Å². The first kappa shape index (κ1) is 28.9. The number of anilines is 4. The van der Waals surface area contributed by atoms with Crippen molar-refractivity contribution in [3.05, 3.63) is 60.8 Å². The van der Waals surface area contributed by atoms with Crippen molar-refractivity contribution in [2.75, 3.05) is 67.3 Å². The fourth-order valence-corrected chi connectivity index (χ4v) is 7.80. The number of para-hydroxylation sites is 1. The number of ether oxygens (including phenoxy) is 2. The van der Waals surface area contributed by atoms with E-state index >= 15 is 0 Å². The second kappa shape index (κ2) is 11.9. The molecule has 0 atom stereocenters. The Morgan fingerprint density at radius 1 is 0.977 bits per heavy atom. The Hall–Kier alpha value is -3.87. The van der Waals surface area contributed by atoms with E-state index in [9.17, 15) is 8.42 Å². The molecule has 12 heteroatoms. The number of morpholine rings is 1. The fourth-order valence-electron chi connectivity index (χ4n) is 6.53. The molecule has 0 bridgehead atoms. The van der Waals surface area contributed by atoms with Crippen molar-refractivity contribution in [3.63, 3.8) is 0 Å². The largest absolute Gasteiger partial charge is 0.494 e. The van der Waals surface area contributed by atoms with Crippen LogP contribution in [-0.4, -0.2) is 92.8 Å². The Morgan fingerprint density at radius 2 is 1.75 bits per heavy atom. The summed E-state index contributed by atoms with van der Waals surface area (Å²) in [6.07, 6.45) is 7.03. The van der Waals surface area contributed by atoms with E-state index < -0.39 is 10.0 Å². The molecule has 3 aliphatic rings. The second-order valence-electron chi connectivity index (χ2n) is 11.8. The van der Waals surface area contributed by atoms with Gasteiger partial charge in [0.1, 0.15) is 5.75 Å². The third-order valence-electron chi connectivity index (χ3n) is 8.88. The molecule has 4 heterocycles. The SMILES string of the molecule is COc1cc(N2CCC(N3CCOCC3)CC2)ccc1Nc1ncc2ccc(-c3ccccc3N(C3CC3)S(C)(=O)=O)n2n1. The molecule has 2 aromatic heterocycles. The van der Waals surface area contributed by atoms with Crippen LogP contribution >= 0.6 is 0 Å². The highest BCUT2D eigenvalue weighted by atomic mass is 32.2. The zero-order valence-corrected chi connectivity index (χ0v) is 26.0. The Labute approximate surface area is 258 Å². The molecule has 2 saturated heterocycles. The monoisotopic (exact) mass is 617 g/mol. The number of sulfonamides is 1. The minimum Gasteiger partial charge on any atom is -0.494 e.